The number of benzene rings is 2. The van der Waals surface area contributed by atoms with Crippen LogP contribution in [0.1, 0.15) is 22.7 Å². The highest BCUT2D eigenvalue weighted by atomic mass is 79.9. The fourth-order valence-corrected chi connectivity index (χ4v) is 2.56. The molecule has 1 atom stereocenters. The maximum Gasteiger partial charge on any atom is 0.126 e. The van der Waals surface area contributed by atoms with E-state index < -0.39 is 0 Å². The van der Waals surface area contributed by atoms with Crippen molar-refractivity contribution < 1.29 is 9.13 Å². The summed E-state index contributed by atoms with van der Waals surface area (Å²) in [5.74, 6) is 6.19. The summed E-state index contributed by atoms with van der Waals surface area (Å²) >= 11 is 3.52. The van der Waals surface area contributed by atoms with Gasteiger partial charge < -0.3 is 4.74 Å². The summed E-state index contributed by atoms with van der Waals surface area (Å²) in [6, 6.07) is 10.7. The van der Waals surface area contributed by atoms with Gasteiger partial charge in [0.2, 0.25) is 0 Å². The minimum absolute atomic E-state index is 0.177. The first-order valence-corrected chi connectivity index (χ1v) is 7.39. The maximum atomic E-state index is 13.7. The van der Waals surface area contributed by atoms with Gasteiger partial charge in [0.05, 0.1) is 13.2 Å². The van der Waals surface area contributed by atoms with E-state index in [0.29, 0.717) is 12.0 Å². The van der Waals surface area contributed by atoms with Gasteiger partial charge in [0.1, 0.15) is 11.6 Å². The number of hydrogen-bond acceptors (Lipinski definition) is 3. The summed E-state index contributed by atoms with van der Waals surface area (Å²) in [7, 11) is 1.63. The lowest BCUT2D eigenvalue weighted by Crippen LogP contribution is -2.29. The Kier molecular flexibility index (Phi) is 5.33. The number of hydrazine groups is 1. The second-order valence-corrected chi connectivity index (χ2v) is 5.74. The van der Waals surface area contributed by atoms with E-state index in [1.807, 2.05) is 24.3 Å². The van der Waals surface area contributed by atoms with Crippen LogP contribution in [0.5, 0.6) is 5.75 Å². The normalized spacial score (nSPS) is 12.2. The molecule has 2 rings (SSSR count). The van der Waals surface area contributed by atoms with E-state index in [1.165, 1.54) is 6.07 Å². The van der Waals surface area contributed by atoms with Crippen LogP contribution in [0.25, 0.3) is 0 Å². The average molecular weight is 353 g/mol. The van der Waals surface area contributed by atoms with E-state index in [-0.39, 0.29) is 11.9 Å². The van der Waals surface area contributed by atoms with Crippen LogP contribution < -0.4 is 16.0 Å². The second kappa shape index (κ2) is 7.02. The summed E-state index contributed by atoms with van der Waals surface area (Å²) in [4.78, 5) is 0. The number of halogens is 2. The third kappa shape index (κ3) is 3.81. The van der Waals surface area contributed by atoms with Gasteiger partial charge in [0, 0.05) is 4.47 Å². The minimum atomic E-state index is -0.225. The lowest BCUT2D eigenvalue weighted by molar-refractivity contribution is 0.413. The van der Waals surface area contributed by atoms with Crippen LogP contribution in [0.2, 0.25) is 0 Å². The molecule has 2 aromatic rings. The molecule has 0 aliphatic carbocycles. The molecule has 0 spiro atoms. The van der Waals surface area contributed by atoms with Gasteiger partial charge in [-0.05, 0) is 54.3 Å². The quantitative estimate of drug-likeness (QED) is 0.637. The van der Waals surface area contributed by atoms with Gasteiger partial charge in [-0.15, -0.1) is 0 Å². The minimum Gasteiger partial charge on any atom is -0.497 e. The van der Waals surface area contributed by atoms with Crippen molar-refractivity contribution in [2.24, 2.45) is 5.84 Å². The fourth-order valence-electron chi connectivity index (χ4n) is 2.15. The number of nitrogens with two attached hydrogens (primary N) is 1. The van der Waals surface area contributed by atoms with Gasteiger partial charge in [0.25, 0.3) is 0 Å². The van der Waals surface area contributed by atoms with Crippen molar-refractivity contribution in [3.05, 3.63) is 63.4 Å². The molecule has 0 fully saturated rings. The fraction of sp³-hybridized carbons (Fsp3) is 0.250. The van der Waals surface area contributed by atoms with E-state index >= 15 is 0 Å². The Hall–Kier alpha value is -1.43. The van der Waals surface area contributed by atoms with E-state index in [2.05, 4.69) is 21.4 Å². The van der Waals surface area contributed by atoms with E-state index in [4.69, 9.17) is 10.6 Å². The standard InChI is InChI=1S/C16H18BrFN2O/c1-10-3-4-11(8-15(10)18)16(20-19)9-12-7-13(21-2)5-6-14(12)17/h3-8,16,20H,9,19H2,1-2H3. The first-order valence-electron chi connectivity index (χ1n) is 6.59. The zero-order valence-electron chi connectivity index (χ0n) is 12.0. The third-order valence-electron chi connectivity index (χ3n) is 3.48. The largest absolute Gasteiger partial charge is 0.497 e. The van der Waals surface area contributed by atoms with E-state index in [9.17, 15) is 4.39 Å². The first kappa shape index (κ1) is 15.9. The molecule has 2 aromatic carbocycles. The molecule has 0 aromatic heterocycles. The lowest BCUT2D eigenvalue weighted by atomic mass is 9.98. The highest BCUT2D eigenvalue weighted by Gasteiger charge is 2.14. The van der Waals surface area contributed by atoms with Crippen molar-refractivity contribution in [2.45, 2.75) is 19.4 Å². The zero-order chi connectivity index (χ0) is 15.4. The summed E-state index contributed by atoms with van der Waals surface area (Å²) in [5, 5.41) is 0. The summed E-state index contributed by atoms with van der Waals surface area (Å²) in [5.41, 5.74) is 5.23. The molecule has 1 unspecified atom stereocenters. The maximum absolute atomic E-state index is 13.7. The molecule has 3 nitrogen and oxygen atoms in total. The zero-order valence-corrected chi connectivity index (χ0v) is 13.6. The molecular weight excluding hydrogens is 335 g/mol. The van der Waals surface area contributed by atoms with Crippen molar-refractivity contribution in [3.63, 3.8) is 0 Å². The van der Waals surface area contributed by atoms with Crippen LogP contribution in [-0.4, -0.2) is 7.11 Å². The molecule has 21 heavy (non-hydrogen) atoms. The average Bonchev–Trinajstić information content (AvgIpc) is 2.49. The smallest absolute Gasteiger partial charge is 0.126 e. The first-order chi connectivity index (χ1) is 10.0. The predicted octanol–water partition coefficient (Wildman–Crippen LogP) is 3.65. The Morgan fingerprint density at radius 1 is 1.29 bits per heavy atom. The molecule has 0 bridgehead atoms. The molecule has 0 heterocycles. The molecule has 3 N–H and O–H groups in total. The van der Waals surface area contributed by atoms with Crippen LogP contribution in [0.4, 0.5) is 4.39 Å². The number of methoxy groups -OCH3 is 1. The van der Waals surface area contributed by atoms with Crippen LogP contribution >= 0.6 is 15.9 Å². The van der Waals surface area contributed by atoms with Crippen LogP contribution in [0, 0.1) is 12.7 Å². The van der Waals surface area contributed by atoms with Crippen molar-refractivity contribution in [3.8, 4) is 5.75 Å². The summed E-state index contributed by atoms with van der Waals surface area (Å²) in [6.07, 6.45) is 0.622. The van der Waals surface area contributed by atoms with E-state index in [1.54, 1.807) is 20.1 Å². The summed E-state index contributed by atoms with van der Waals surface area (Å²) < 4.78 is 19.9. The second-order valence-electron chi connectivity index (χ2n) is 4.89. The predicted molar refractivity (Wildman–Crippen MR) is 85.6 cm³/mol. The SMILES string of the molecule is COc1ccc(Br)c(CC(NN)c2ccc(C)c(F)c2)c1. The Labute approximate surface area is 132 Å². The van der Waals surface area contributed by atoms with Crippen molar-refractivity contribution in [2.75, 3.05) is 7.11 Å². The molecule has 0 radical (unpaired) electrons. The number of ether oxygens (including phenoxy) is 1. The molecule has 112 valence electrons. The van der Waals surface area contributed by atoms with Gasteiger partial charge in [-0.3, -0.25) is 11.3 Å². The number of aryl methyl sites for hydroxylation is 1. The molecule has 0 saturated carbocycles. The Morgan fingerprint density at radius 3 is 2.67 bits per heavy atom. The van der Waals surface area contributed by atoms with Gasteiger partial charge in [-0.25, -0.2) is 4.39 Å². The van der Waals surface area contributed by atoms with Crippen molar-refractivity contribution >= 4 is 15.9 Å². The number of rotatable bonds is 5. The van der Waals surface area contributed by atoms with Gasteiger partial charge in [0.15, 0.2) is 0 Å². The van der Waals surface area contributed by atoms with E-state index in [0.717, 1.165) is 21.3 Å². The van der Waals surface area contributed by atoms with Gasteiger partial charge in [-0.2, -0.15) is 0 Å². The molecule has 0 saturated heterocycles. The molecule has 5 heteroatoms. The third-order valence-corrected chi connectivity index (χ3v) is 4.25. The summed E-state index contributed by atoms with van der Waals surface area (Å²) in [6.45, 7) is 1.74. The topological polar surface area (TPSA) is 47.3 Å². The van der Waals surface area contributed by atoms with Gasteiger partial charge in [-0.1, -0.05) is 28.1 Å². The van der Waals surface area contributed by atoms with Crippen LogP contribution in [-0.2, 0) is 6.42 Å². The van der Waals surface area contributed by atoms with Crippen molar-refractivity contribution in [1.29, 1.82) is 0 Å². The lowest BCUT2D eigenvalue weighted by Gasteiger charge is -2.18. The monoisotopic (exact) mass is 352 g/mol. The molecule has 0 amide bonds. The number of nitrogens with one attached hydrogen (secondary N) is 1. The number of hydrogen-bond donors (Lipinski definition) is 2. The van der Waals surface area contributed by atoms with Crippen molar-refractivity contribution in [1.82, 2.24) is 5.43 Å². The molecule has 0 aliphatic rings. The van der Waals surface area contributed by atoms with Crippen LogP contribution in [0.15, 0.2) is 40.9 Å². The molecule has 0 aliphatic heterocycles. The Balaban J connectivity index is 2.28. The Morgan fingerprint density at radius 2 is 2.05 bits per heavy atom. The van der Waals surface area contributed by atoms with Gasteiger partial charge >= 0.3 is 0 Å². The Bertz CT molecular complexity index is 634. The van der Waals surface area contributed by atoms with Crippen LogP contribution in [0.3, 0.4) is 0 Å². The highest BCUT2D eigenvalue weighted by Crippen LogP contribution is 2.27. The highest BCUT2D eigenvalue weighted by molar-refractivity contribution is 9.10. The molecular formula is C16H18BrFN2O.